The van der Waals surface area contributed by atoms with E-state index in [1.54, 1.807) is 0 Å². The maximum Gasteiger partial charge on any atom is 0.417 e. The summed E-state index contributed by atoms with van der Waals surface area (Å²) in [6.07, 6.45) is -4.61. The summed E-state index contributed by atoms with van der Waals surface area (Å²) in [4.78, 5) is 17.2. The fourth-order valence-electron chi connectivity index (χ4n) is 3.14. The van der Waals surface area contributed by atoms with Crippen LogP contribution in [0, 0.1) is 13.8 Å². The minimum Gasteiger partial charge on any atom is -0.495 e. The molecule has 12 heteroatoms. The Labute approximate surface area is 186 Å². The Balaban J connectivity index is 2.09. The lowest BCUT2D eigenvalue weighted by molar-refractivity contribution is -0.136. The maximum atomic E-state index is 13.6. The molecule has 0 fully saturated rings. The van der Waals surface area contributed by atoms with E-state index in [9.17, 15) is 26.4 Å². The average Bonchev–Trinajstić information content (AvgIpc) is 3.02. The minimum absolute atomic E-state index is 0.0338. The van der Waals surface area contributed by atoms with Gasteiger partial charge in [0.2, 0.25) is 10.0 Å². The van der Waals surface area contributed by atoms with Crippen LogP contribution in [0.1, 0.15) is 26.5 Å². The quantitative estimate of drug-likeness (QED) is 0.575. The summed E-state index contributed by atoms with van der Waals surface area (Å²) in [5.74, 6) is -0.506. The number of hydrogen-bond donors (Lipinski definition) is 1. The van der Waals surface area contributed by atoms with Crippen molar-refractivity contribution in [3.8, 4) is 5.75 Å². The van der Waals surface area contributed by atoms with Crippen LogP contribution in [0.25, 0.3) is 10.2 Å². The summed E-state index contributed by atoms with van der Waals surface area (Å²) in [6.45, 7) is 2.87. The highest BCUT2D eigenvalue weighted by Crippen LogP contribution is 2.41. The molecule has 0 unspecified atom stereocenters. The van der Waals surface area contributed by atoms with E-state index >= 15 is 0 Å². The molecule has 0 aliphatic rings. The number of aryl methyl sites for hydroxylation is 2. The molecule has 3 rings (SSSR count). The highest BCUT2D eigenvalue weighted by atomic mass is 32.2. The van der Waals surface area contributed by atoms with Gasteiger partial charge in [0.15, 0.2) is 0 Å². The van der Waals surface area contributed by atoms with E-state index in [-0.39, 0.29) is 42.7 Å². The smallest absolute Gasteiger partial charge is 0.417 e. The number of hydrogen-bond acceptors (Lipinski definition) is 6. The van der Waals surface area contributed by atoms with Gasteiger partial charge in [-0.1, -0.05) is 0 Å². The maximum absolute atomic E-state index is 13.6. The molecular weight excluding hydrogens is 467 g/mol. The second-order valence-electron chi connectivity index (χ2n) is 7.15. The van der Waals surface area contributed by atoms with Crippen LogP contribution in [-0.4, -0.2) is 44.8 Å². The van der Waals surface area contributed by atoms with Crippen molar-refractivity contribution in [2.45, 2.75) is 24.9 Å². The molecule has 0 aliphatic heterocycles. The molecule has 0 spiro atoms. The predicted octanol–water partition coefficient (Wildman–Crippen LogP) is 4.44. The first-order valence-corrected chi connectivity index (χ1v) is 11.4. The number of nitrogens with zero attached hydrogens (tertiary/aromatic N) is 2. The SMILES string of the molecule is COc1ccc(S(=O)(=O)N(C)C)cc1NC(=O)c1sc2nc(C)cc(C(F)(F)F)c2c1C. The second kappa shape index (κ2) is 8.34. The van der Waals surface area contributed by atoms with Crippen LogP contribution >= 0.6 is 11.3 Å². The molecule has 0 saturated carbocycles. The second-order valence-corrected chi connectivity index (χ2v) is 10.3. The molecule has 1 amide bonds. The number of halogens is 3. The van der Waals surface area contributed by atoms with Gasteiger partial charge in [-0.25, -0.2) is 17.7 Å². The summed E-state index contributed by atoms with van der Waals surface area (Å²) >= 11 is 0.833. The molecule has 3 aromatic rings. The number of sulfonamides is 1. The largest absolute Gasteiger partial charge is 0.495 e. The Bertz CT molecular complexity index is 1320. The van der Waals surface area contributed by atoms with E-state index < -0.39 is 27.7 Å². The van der Waals surface area contributed by atoms with Gasteiger partial charge in [0.1, 0.15) is 10.6 Å². The number of ether oxygens (including phenoxy) is 1. The Morgan fingerprint density at radius 3 is 2.41 bits per heavy atom. The number of fused-ring (bicyclic) bond motifs is 1. The fourth-order valence-corrected chi connectivity index (χ4v) is 5.22. The van der Waals surface area contributed by atoms with E-state index in [0.29, 0.717) is 0 Å². The summed E-state index contributed by atoms with van der Waals surface area (Å²) in [6, 6.07) is 4.90. The third kappa shape index (κ3) is 4.30. The van der Waals surface area contributed by atoms with Gasteiger partial charge in [0.25, 0.3) is 5.91 Å². The standard InChI is InChI=1S/C20H20F3N3O4S2/c1-10-8-13(20(21,22)23)16-11(2)17(31-19(16)24-10)18(27)25-14-9-12(6-7-15(14)30-5)32(28,29)26(3)4/h6-9H,1-5H3,(H,25,27). The summed E-state index contributed by atoms with van der Waals surface area (Å²) in [5, 5.41) is 2.43. The van der Waals surface area contributed by atoms with Crippen molar-refractivity contribution in [3.05, 3.63) is 46.0 Å². The van der Waals surface area contributed by atoms with Gasteiger partial charge in [0.05, 0.1) is 28.1 Å². The van der Waals surface area contributed by atoms with Gasteiger partial charge in [0, 0.05) is 25.2 Å². The van der Waals surface area contributed by atoms with Crippen molar-refractivity contribution in [1.29, 1.82) is 0 Å². The molecule has 0 saturated heterocycles. The Hall–Kier alpha value is -2.70. The molecule has 0 atom stereocenters. The van der Waals surface area contributed by atoms with Gasteiger partial charge in [-0.15, -0.1) is 11.3 Å². The van der Waals surface area contributed by atoms with Crippen molar-refractivity contribution in [2.24, 2.45) is 0 Å². The number of nitrogens with one attached hydrogen (secondary N) is 1. The number of rotatable bonds is 5. The Morgan fingerprint density at radius 2 is 1.84 bits per heavy atom. The Kier molecular flexibility index (Phi) is 6.24. The van der Waals surface area contributed by atoms with E-state index in [0.717, 1.165) is 21.7 Å². The van der Waals surface area contributed by atoms with Crippen LogP contribution < -0.4 is 10.1 Å². The number of methoxy groups -OCH3 is 1. The highest BCUT2D eigenvalue weighted by Gasteiger charge is 2.35. The third-order valence-electron chi connectivity index (χ3n) is 4.74. The molecule has 1 aromatic carbocycles. The van der Waals surface area contributed by atoms with Crippen LogP contribution in [0.5, 0.6) is 5.75 Å². The van der Waals surface area contributed by atoms with Crippen molar-refractivity contribution >= 4 is 43.2 Å². The van der Waals surface area contributed by atoms with E-state index in [2.05, 4.69) is 10.3 Å². The molecule has 172 valence electrons. The summed E-state index contributed by atoms with van der Waals surface area (Å²) in [7, 11) is 0.293. The number of carbonyl (C=O) groups excluding carboxylic acids is 1. The minimum atomic E-state index is -4.61. The van der Waals surface area contributed by atoms with Gasteiger partial charge in [-0.05, 0) is 43.7 Å². The van der Waals surface area contributed by atoms with Crippen molar-refractivity contribution in [2.75, 3.05) is 26.5 Å². The number of pyridine rings is 1. The molecule has 0 aliphatic carbocycles. The average molecular weight is 488 g/mol. The molecule has 0 radical (unpaired) electrons. The van der Waals surface area contributed by atoms with Crippen molar-refractivity contribution in [1.82, 2.24) is 9.29 Å². The molecule has 2 heterocycles. The number of aromatic nitrogens is 1. The molecule has 32 heavy (non-hydrogen) atoms. The van der Waals surface area contributed by atoms with Gasteiger partial charge < -0.3 is 10.1 Å². The van der Waals surface area contributed by atoms with Crippen LogP contribution in [-0.2, 0) is 16.2 Å². The molecule has 1 N–H and O–H groups in total. The van der Waals surface area contributed by atoms with Gasteiger partial charge in [-0.2, -0.15) is 13.2 Å². The number of benzene rings is 1. The zero-order valence-electron chi connectivity index (χ0n) is 17.8. The number of amides is 1. The fraction of sp³-hybridized carbons (Fsp3) is 0.300. The first-order valence-electron chi connectivity index (χ1n) is 9.17. The van der Waals surface area contributed by atoms with Crippen LogP contribution in [0.15, 0.2) is 29.2 Å². The first-order chi connectivity index (χ1) is 14.8. The number of thiophene rings is 1. The normalized spacial score (nSPS) is 12.4. The molecule has 7 nitrogen and oxygen atoms in total. The zero-order chi connectivity index (χ0) is 24.0. The number of anilines is 1. The molecule has 0 bridgehead atoms. The van der Waals surface area contributed by atoms with Crippen molar-refractivity contribution in [3.63, 3.8) is 0 Å². The molecular formula is C20H20F3N3O4S2. The van der Waals surface area contributed by atoms with E-state index in [1.165, 1.54) is 53.3 Å². The third-order valence-corrected chi connectivity index (χ3v) is 7.73. The monoisotopic (exact) mass is 487 g/mol. The predicted molar refractivity (Wildman–Crippen MR) is 116 cm³/mol. The lowest BCUT2D eigenvalue weighted by atomic mass is 10.1. The van der Waals surface area contributed by atoms with Crippen LogP contribution in [0.2, 0.25) is 0 Å². The van der Waals surface area contributed by atoms with Crippen LogP contribution in [0.4, 0.5) is 18.9 Å². The van der Waals surface area contributed by atoms with Gasteiger partial charge >= 0.3 is 6.18 Å². The first kappa shape index (κ1) is 24.0. The van der Waals surface area contributed by atoms with E-state index in [4.69, 9.17) is 4.74 Å². The number of carbonyl (C=O) groups is 1. The summed E-state index contributed by atoms with van der Waals surface area (Å²) in [5.41, 5.74) is -0.471. The van der Waals surface area contributed by atoms with Crippen LogP contribution in [0.3, 0.4) is 0 Å². The van der Waals surface area contributed by atoms with E-state index in [1.807, 2.05) is 0 Å². The highest BCUT2D eigenvalue weighted by molar-refractivity contribution is 7.89. The topological polar surface area (TPSA) is 88.6 Å². The lowest BCUT2D eigenvalue weighted by Gasteiger charge is -2.15. The molecule has 2 aromatic heterocycles. The summed E-state index contributed by atoms with van der Waals surface area (Å²) < 4.78 is 71.7. The Morgan fingerprint density at radius 1 is 1.19 bits per heavy atom. The van der Waals surface area contributed by atoms with Crippen molar-refractivity contribution < 1.29 is 31.1 Å². The zero-order valence-corrected chi connectivity index (χ0v) is 19.4. The van der Waals surface area contributed by atoms with Gasteiger partial charge in [-0.3, -0.25) is 4.79 Å². The lowest BCUT2D eigenvalue weighted by Crippen LogP contribution is -2.22. The number of alkyl halides is 3.